The molecule has 0 atom stereocenters. The van der Waals surface area contributed by atoms with E-state index in [-0.39, 0.29) is 5.91 Å². The van der Waals surface area contributed by atoms with Crippen molar-refractivity contribution in [3.8, 4) is 0 Å². The molecule has 0 aliphatic heterocycles. The van der Waals surface area contributed by atoms with E-state index in [9.17, 15) is 4.79 Å². The summed E-state index contributed by atoms with van der Waals surface area (Å²) in [6.45, 7) is 4.29. The fourth-order valence-electron chi connectivity index (χ4n) is 1.48. The van der Waals surface area contributed by atoms with Crippen LogP contribution in [0.3, 0.4) is 0 Å². The van der Waals surface area contributed by atoms with Crippen LogP contribution in [0.4, 0.5) is 0 Å². The zero-order valence-corrected chi connectivity index (χ0v) is 11.9. The lowest BCUT2D eigenvalue weighted by atomic mass is 10.2. The van der Waals surface area contributed by atoms with Gasteiger partial charge in [-0.3, -0.25) is 14.6 Å². The lowest BCUT2D eigenvalue weighted by molar-refractivity contribution is -0.118. The van der Waals surface area contributed by atoms with Crippen LogP contribution < -0.4 is 5.32 Å². The lowest BCUT2D eigenvalue weighted by Gasteiger charge is -2.03. The summed E-state index contributed by atoms with van der Waals surface area (Å²) >= 11 is 1.31. The number of aromatic amines is 1. The standard InChI is InChI=1S/C11H16N6OS/c1-7-9(5-13-17(7)3)4-12-10(18)6-19-11-14-8(2)15-16-11/h5H,4,6H2,1-3H3,(H,12,18)(H,14,15,16). The molecule has 102 valence electrons. The number of aryl methyl sites for hydroxylation is 2. The third-order valence-electron chi connectivity index (χ3n) is 2.72. The Bertz CT molecular complexity index is 576. The van der Waals surface area contributed by atoms with E-state index in [1.54, 1.807) is 10.9 Å². The van der Waals surface area contributed by atoms with Crippen LogP contribution in [0.1, 0.15) is 17.1 Å². The minimum atomic E-state index is -0.0456. The highest BCUT2D eigenvalue weighted by atomic mass is 32.2. The molecule has 2 aromatic heterocycles. The molecule has 0 aliphatic rings. The molecular formula is C11H16N6OS. The molecule has 2 N–H and O–H groups in total. The molecule has 0 saturated carbocycles. The van der Waals surface area contributed by atoms with Gasteiger partial charge in [-0.2, -0.15) is 5.10 Å². The second-order valence-corrected chi connectivity index (χ2v) is 5.09. The van der Waals surface area contributed by atoms with Crippen molar-refractivity contribution in [1.82, 2.24) is 30.3 Å². The fourth-order valence-corrected chi connectivity index (χ4v) is 2.15. The van der Waals surface area contributed by atoms with Gasteiger partial charge in [0.25, 0.3) is 0 Å². The monoisotopic (exact) mass is 280 g/mol. The van der Waals surface area contributed by atoms with Gasteiger partial charge in [0.2, 0.25) is 11.1 Å². The van der Waals surface area contributed by atoms with E-state index in [2.05, 4.69) is 25.6 Å². The topological polar surface area (TPSA) is 88.5 Å². The van der Waals surface area contributed by atoms with Crippen molar-refractivity contribution < 1.29 is 4.79 Å². The fraction of sp³-hybridized carbons (Fsp3) is 0.455. The van der Waals surface area contributed by atoms with Gasteiger partial charge < -0.3 is 5.32 Å². The predicted molar refractivity (Wildman–Crippen MR) is 71.6 cm³/mol. The van der Waals surface area contributed by atoms with Gasteiger partial charge >= 0.3 is 0 Å². The van der Waals surface area contributed by atoms with E-state index in [1.165, 1.54) is 11.8 Å². The maximum Gasteiger partial charge on any atom is 0.230 e. The molecule has 8 heteroatoms. The predicted octanol–water partition coefficient (Wildman–Crippen LogP) is 0.564. The number of hydrogen-bond donors (Lipinski definition) is 2. The van der Waals surface area contributed by atoms with Gasteiger partial charge in [0.15, 0.2) is 0 Å². The summed E-state index contributed by atoms with van der Waals surface area (Å²) in [5.41, 5.74) is 2.08. The first-order valence-corrected chi connectivity index (χ1v) is 6.81. The molecule has 0 aliphatic carbocycles. The molecule has 7 nitrogen and oxygen atoms in total. The molecule has 2 heterocycles. The highest BCUT2D eigenvalue weighted by Crippen LogP contribution is 2.11. The largest absolute Gasteiger partial charge is 0.351 e. The van der Waals surface area contributed by atoms with Crippen molar-refractivity contribution in [2.75, 3.05) is 5.75 Å². The molecule has 2 aromatic rings. The first-order chi connectivity index (χ1) is 9.06. The third-order valence-corrected chi connectivity index (χ3v) is 3.57. The minimum Gasteiger partial charge on any atom is -0.351 e. The lowest BCUT2D eigenvalue weighted by Crippen LogP contribution is -2.24. The van der Waals surface area contributed by atoms with E-state index in [1.807, 2.05) is 20.9 Å². The number of carbonyl (C=O) groups is 1. The average molecular weight is 280 g/mol. The SMILES string of the molecule is Cc1nc(SCC(=O)NCc2cnn(C)c2C)n[nH]1. The normalized spacial score (nSPS) is 10.7. The summed E-state index contributed by atoms with van der Waals surface area (Å²) in [5, 5.41) is 14.3. The zero-order chi connectivity index (χ0) is 13.8. The number of nitrogens with zero attached hydrogens (tertiary/aromatic N) is 4. The summed E-state index contributed by atoms with van der Waals surface area (Å²) in [5.74, 6) is 1.00. The van der Waals surface area contributed by atoms with Crippen molar-refractivity contribution >= 4 is 17.7 Å². The second-order valence-electron chi connectivity index (χ2n) is 4.15. The Morgan fingerprint density at radius 3 is 2.89 bits per heavy atom. The Morgan fingerprint density at radius 1 is 1.53 bits per heavy atom. The number of hydrogen-bond acceptors (Lipinski definition) is 5. The summed E-state index contributed by atoms with van der Waals surface area (Å²) in [6, 6.07) is 0. The van der Waals surface area contributed by atoms with Crippen LogP contribution in [0.25, 0.3) is 0 Å². The Labute approximate surface area is 115 Å². The summed E-state index contributed by atoms with van der Waals surface area (Å²) in [6.07, 6.45) is 1.77. The van der Waals surface area contributed by atoms with Crippen molar-refractivity contribution in [2.24, 2.45) is 7.05 Å². The quantitative estimate of drug-likeness (QED) is 0.781. The Balaban J connectivity index is 1.77. The van der Waals surface area contributed by atoms with Crippen molar-refractivity contribution in [1.29, 1.82) is 0 Å². The molecule has 0 bridgehead atoms. The van der Waals surface area contributed by atoms with E-state index in [0.717, 1.165) is 17.1 Å². The van der Waals surface area contributed by atoms with Crippen LogP contribution >= 0.6 is 11.8 Å². The Hall–Kier alpha value is -1.83. The van der Waals surface area contributed by atoms with E-state index < -0.39 is 0 Å². The molecule has 0 unspecified atom stereocenters. The van der Waals surface area contributed by atoms with Crippen LogP contribution in [-0.4, -0.2) is 36.6 Å². The number of nitrogens with one attached hydrogen (secondary N) is 2. The van der Waals surface area contributed by atoms with Gasteiger partial charge in [-0.05, 0) is 13.8 Å². The molecule has 0 aromatic carbocycles. The number of H-pyrrole nitrogens is 1. The van der Waals surface area contributed by atoms with Gasteiger partial charge in [-0.15, -0.1) is 5.10 Å². The van der Waals surface area contributed by atoms with E-state index in [0.29, 0.717) is 17.5 Å². The van der Waals surface area contributed by atoms with Gasteiger partial charge in [-0.25, -0.2) is 4.98 Å². The first kappa shape index (κ1) is 13.6. The van der Waals surface area contributed by atoms with Gasteiger partial charge in [-0.1, -0.05) is 11.8 Å². The van der Waals surface area contributed by atoms with Gasteiger partial charge in [0.05, 0.1) is 11.9 Å². The van der Waals surface area contributed by atoms with Crippen LogP contribution in [0.15, 0.2) is 11.4 Å². The van der Waals surface area contributed by atoms with Gasteiger partial charge in [0, 0.05) is 24.8 Å². The van der Waals surface area contributed by atoms with Crippen LogP contribution in [0.5, 0.6) is 0 Å². The van der Waals surface area contributed by atoms with Gasteiger partial charge in [0.1, 0.15) is 5.82 Å². The highest BCUT2D eigenvalue weighted by Gasteiger charge is 2.08. The van der Waals surface area contributed by atoms with E-state index in [4.69, 9.17) is 0 Å². The molecule has 1 amide bonds. The summed E-state index contributed by atoms with van der Waals surface area (Å²) in [4.78, 5) is 15.8. The smallest absolute Gasteiger partial charge is 0.230 e. The molecular weight excluding hydrogens is 264 g/mol. The number of amides is 1. The highest BCUT2D eigenvalue weighted by molar-refractivity contribution is 7.99. The second kappa shape index (κ2) is 5.87. The maximum atomic E-state index is 11.7. The van der Waals surface area contributed by atoms with Crippen molar-refractivity contribution in [3.63, 3.8) is 0 Å². The molecule has 0 radical (unpaired) electrons. The van der Waals surface area contributed by atoms with E-state index >= 15 is 0 Å². The van der Waals surface area contributed by atoms with Crippen molar-refractivity contribution in [3.05, 3.63) is 23.3 Å². The molecule has 0 spiro atoms. The number of aromatic nitrogens is 5. The zero-order valence-electron chi connectivity index (χ0n) is 11.1. The number of thioether (sulfide) groups is 1. The third kappa shape index (κ3) is 3.57. The molecule has 19 heavy (non-hydrogen) atoms. The van der Waals surface area contributed by atoms with Crippen LogP contribution in [0, 0.1) is 13.8 Å². The van der Waals surface area contributed by atoms with Crippen molar-refractivity contribution in [2.45, 2.75) is 25.5 Å². The summed E-state index contributed by atoms with van der Waals surface area (Å²) in [7, 11) is 1.88. The molecule has 2 rings (SSSR count). The Morgan fingerprint density at radius 2 is 2.32 bits per heavy atom. The first-order valence-electron chi connectivity index (χ1n) is 5.82. The number of carbonyl (C=O) groups excluding carboxylic acids is 1. The molecule has 0 saturated heterocycles. The number of rotatable bonds is 5. The molecule has 0 fully saturated rings. The average Bonchev–Trinajstić information content (AvgIpc) is 2.93. The minimum absolute atomic E-state index is 0.0456. The van der Waals surface area contributed by atoms with Crippen LogP contribution in [-0.2, 0) is 18.4 Å². The Kier molecular flexibility index (Phi) is 4.20. The summed E-state index contributed by atoms with van der Waals surface area (Å²) < 4.78 is 1.78. The van der Waals surface area contributed by atoms with Crippen LogP contribution in [0.2, 0.25) is 0 Å². The maximum absolute atomic E-state index is 11.7.